The van der Waals surface area contributed by atoms with Crippen LogP contribution in [0, 0.1) is 0 Å². The Morgan fingerprint density at radius 2 is 1.83 bits per heavy atom. The zero-order chi connectivity index (χ0) is 16.9. The van der Waals surface area contributed by atoms with E-state index in [1.165, 1.54) is 0 Å². The van der Waals surface area contributed by atoms with E-state index in [9.17, 15) is 9.90 Å². The summed E-state index contributed by atoms with van der Waals surface area (Å²) in [6, 6.07) is 14.9. The Balaban J connectivity index is 1.89. The minimum absolute atomic E-state index is 0.0795. The van der Waals surface area contributed by atoms with Crippen LogP contribution >= 0.6 is 0 Å². The molecule has 2 aromatic carbocycles. The molecule has 2 aromatic rings. The van der Waals surface area contributed by atoms with Crippen LogP contribution < -0.4 is 5.32 Å². The van der Waals surface area contributed by atoms with Gasteiger partial charge in [-0.15, -0.1) is 0 Å². The van der Waals surface area contributed by atoms with E-state index in [0.717, 1.165) is 29.5 Å². The van der Waals surface area contributed by atoms with Crippen LogP contribution in [0.25, 0.3) is 11.6 Å². The van der Waals surface area contributed by atoms with Gasteiger partial charge >= 0.3 is 0 Å². The molecule has 1 aliphatic carbocycles. The minimum atomic E-state index is -0.0795. The van der Waals surface area contributed by atoms with Crippen LogP contribution in [-0.4, -0.2) is 24.2 Å². The predicted octanol–water partition coefficient (Wildman–Crippen LogP) is 3.36. The molecule has 0 aromatic heterocycles. The Morgan fingerprint density at radius 3 is 2.42 bits per heavy atom. The number of phenolic OH excluding ortho intramolecular Hbond substituents is 1. The van der Waals surface area contributed by atoms with Crippen molar-refractivity contribution in [2.75, 3.05) is 7.11 Å². The van der Waals surface area contributed by atoms with Gasteiger partial charge < -0.3 is 15.2 Å². The van der Waals surface area contributed by atoms with Crippen molar-refractivity contribution in [3.63, 3.8) is 0 Å². The molecule has 24 heavy (non-hydrogen) atoms. The topological polar surface area (TPSA) is 58.6 Å². The van der Waals surface area contributed by atoms with E-state index in [1.807, 2.05) is 30.3 Å². The van der Waals surface area contributed by atoms with Gasteiger partial charge in [-0.2, -0.15) is 0 Å². The van der Waals surface area contributed by atoms with Crippen LogP contribution in [-0.2, 0) is 16.1 Å². The summed E-state index contributed by atoms with van der Waals surface area (Å²) in [5, 5.41) is 12.5. The van der Waals surface area contributed by atoms with Crippen LogP contribution in [0.15, 0.2) is 48.5 Å². The van der Waals surface area contributed by atoms with E-state index in [1.54, 1.807) is 31.4 Å². The first kappa shape index (κ1) is 16.3. The Morgan fingerprint density at radius 1 is 1.17 bits per heavy atom. The summed E-state index contributed by atoms with van der Waals surface area (Å²) >= 11 is 0. The highest BCUT2D eigenvalue weighted by molar-refractivity contribution is 6.24. The van der Waals surface area contributed by atoms with Gasteiger partial charge in [-0.25, -0.2) is 0 Å². The number of nitrogens with one attached hydrogen (secondary N) is 1. The lowest BCUT2D eigenvalue weighted by molar-refractivity contribution is -0.115. The lowest BCUT2D eigenvalue weighted by Crippen LogP contribution is -2.26. The molecule has 1 aliphatic rings. The molecule has 1 amide bonds. The zero-order valence-corrected chi connectivity index (χ0v) is 13.7. The third-order valence-electron chi connectivity index (χ3n) is 3.94. The molecule has 0 radical (unpaired) electrons. The first-order valence-electron chi connectivity index (χ1n) is 8.05. The van der Waals surface area contributed by atoms with Crippen molar-refractivity contribution >= 4 is 17.6 Å². The lowest BCUT2D eigenvalue weighted by Gasteiger charge is -2.09. The second kappa shape index (κ2) is 7.32. The van der Waals surface area contributed by atoms with Crippen molar-refractivity contribution < 1.29 is 14.6 Å². The molecule has 4 heteroatoms. The average Bonchev–Trinajstić information content (AvgIpc) is 3.39. The van der Waals surface area contributed by atoms with Gasteiger partial charge in [0.1, 0.15) is 5.75 Å². The molecule has 0 spiro atoms. The zero-order valence-electron chi connectivity index (χ0n) is 13.7. The van der Waals surface area contributed by atoms with Crippen molar-refractivity contribution in [1.82, 2.24) is 5.32 Å². The summed E-state index contributed by atoms with van der Waals surface area (Å²) in [6.07, 6.45) is 3.96. The van der Waals surface area contributed by atoms with Crippen molar-refractivity contribution in [3.8, 4) is 5.75 Å². The molecule has 2 N–H and O–H groups in total. The molecule has 0 unspecified atom stereocenters. The molecule has 1 saturated carbocycles. The van der Waals surface area contributed by atoms with E-state index < -0.39 is 0 Å². The summed E-state index contributed by atoms with van der Waals surface area (Å²) in [4.78, 5) is 12.6. The van der Waals surface area contributed by atoms with E-state index in [0.29, 0.717) is 18.2 Å². The second-order valence-electron chi connectivity index (χ2n) is 6.03. The summed E-state index contributed by atoms with van der Waals surface area (Å²) in [5.74, 6) is 0.105. The van der Waals surface area contributed by atoms with Gasteiger partial charge in [0.05, 0.1) is 6.61 Å². The SMILES string of the molecule is COCc1ccc(/C=C(/C(=O)NC2CC2)c2ccc(O)cc2)cc1. The molecule has 0 saturated heterocycles. The van der Waals surface area contributed by atoms with E-state index in [4.69, 9.17) is 4.74 Å². The second-order valence-corrected chi connectivity index (χ2v) is 6.03. The number of amides is 1. The largest absolute Gasteiger partial charge is 0.508 e. The Bertz CT molecular complexity index is 728. The highest BCUT2D eigenvalue weighted by Gasteiger charge is 2.25. The molecule has 0 bridgehead atoms. The summed E-state index contributed by atoms with van der Waals surface area (Å²) < 4.78 is 5.12. The number of ether oxygens (including phenoxy) is 1. The fourth-order valence-electron chi connectivity index (χ4n) is 2.46. The quantitative estimate of drug-likeness (QED) is 0.633. The van der Waals surface area contributed by atoms with Crippen molar-refractivity contribution in [1.29, 1.82) is 0 Å². The monoisotopic (exact) mass is 323 g/mol. The molecule has 1 fully saturated rings. The molecular weight excluding hydrogens is 302 g/mol. The molecular formula is C20H21NO3. The molecule has 124 valence electrons. The standard InChI is InChI=1S/C20H21NO3/c1-24-13-15-4-2-14(3-5-15)12-19(20(23)21-17-8-9-17)16-6-10-18(22)11-7-16/h2-7,10-12,17,22H,8-9,13H2,1H3,(H,21,23)/b19-12+. The summed E-state index contributed by atoms with van der Waals surface area (Å²) in [7, 11) is 1.67. The molecule has 0 atom stereocenters. The first-order chi connectivity index (χ1) is 11.7. The average molecular weight is 323 g/mol. The highest BCUT2D eigenvalue weighted by Crippen LogP contribution is 2.24. The predicted molar refractivity (Wildman–Crippen MR) is 94.3 cm³/mol. The van der Waals surface area contributed by atoms with Gasteiger partial charge in [-0.1, -0.05) is 36.4 Å². The van der Waals surface area contributed by atoms with E-state index >= 15 is 0 Å². The third-order valence-corrected chi connectivity index (χ3v) is 3.94. The van der Waals surface area contributed by atoms with E-state index in [-0.39, 0.29) is 11.7 Å². The fraction of sp³-hybridized carbons (Fsp3) is 0.250. The van der Waals surface area contributed by atoms with Crippen LogP contribution in [0.1, 0.15) is 29.5 Å². The Hall–Kier alpha value is -2.59. The van der Waals surface area contributed by atoms with Gasteiger partial charge in [0.15, 0.2) is 0 Å². The van der Waals surface area contributed by atoms with Crippen molar-refractivity contribution in [3.05, 3.63) is 65.2 Å². The molecule has 0 heterocycles. The van der Waals surface area contributed by atoms with E-state index in [2.05, 4.69) is 5.32 Å². The number of phenols is 1. The maximum atomic E-state index is 12.6. The third kappa shape index (κ3) is 4.24. The molecule has 4 nitrogen and oxygen atoms in total. The number of rotatable bonds is 6. The van der Waals surface area contributed by atoms with Crippen LogP contribution in [0.4, 0.5) is 0 Å². The van der Waals surface area contributed by atoms with Gasteiger partial charge in [0.2, 0.25) is 0 Å². The number of carbonyl (C=O) groups is 1. The number of benzene rings is 2. The number of aromatic hydroxyl groups is 1. The Kier molecular flexibility index (Phi) is 4.96. The smallest absolute Gasteiger partial charge is 0.252 e. The highest BCUT2D eigenvalue weighted by atomic mass is 16.5. The minimum Gasteiger partial charge on any atom is -0.508 e. The van der Waals surface area contributed by atoms with Crippen molar-refractivity contribution in [2.24, 2.45) is 0 Å². The number of carbonyl (C=O) groups excluding carboxylic acids is 1. The van der Waals surface area contributed by atoms with Crippen molar-refractivity contribution in [2.45, 2.75) is 25.5 Å². The molecule has 3 rings (SSSR count). The lowest BCUT2D eigenvalue weighted by atomic mass is 10.0. The van der Waals surface area contributed by atoms with Gasteiger partial charge in [-0.05, 0) is 47.7 Å². The normalized spacial score (nSPS) is 14.5. The summed E-state index contributed by atoms with van der Waals surface area (Å²) in [6.45, 7) is 0.566. The van der Waals surface area contributed by atoms with Gasteiger partial charge in [-0.3, -0.25) is 4.79 Å². The number of hydrogen-bond acceptors (Lipinski definition) is 3. The maximum Gasteiger partial charge on any atom is 0.252 e. The first-order valence-corrected chi connectivity index (χ1v) is 8.05. The van der Waals surface area contributed by atoms with Gasteiger partial charge in [0, 0.05) is 18.7 Å². The van der Waals surface area contributed by atoms with Crippen LogP contribution in [0.2, 0.25) is 0 Å². The Labute approximate surface area is 141 Å². The maximum absolute atomic E-state index is 12.6. The number of hydrogen-bond donors (Lipinski definition) is 2. The van der Waals surface area contributed by atoms with Gasteiger partial charge in [0.25, 0.3) is 5.91 Å². The number of methoxy groups -OCH3 is 1. The summed E-state index contributed by atoms with van der Waals surface area (Å²) in [5.41, 5.74) is 3.42. The van der Waals surface area contributed by atoms with Crippen LogP contribution in [0.5, 0.6) is 5.75 Å². The van der Waals surface area contributed by atoms with Crippen LogP contribution in [0.3, 0.4) is 0 Å². The fourth-order valence-corrected chi connectivity index (χ4v) is 2.46. The molecule has 0 aliphatic heterocycles.